The molecule has 2 aromatic rings. The molecule has 0 saturated carbocycles. The van der Waals surface area contributed by atoms with E-state index in [1.807, 2.05) is 6.07 Å². The number of methoxy groups -OCH3 is 1. The zero-order valence-electron chi connectivity index (χ0n) is 13.7. The fourth-order valence-corrected chi connectivity index (χ4v) is 2.72. The molecule has 0 amide bonds. The third kappa shape index (κ3) is 6.23. The summed E-state index contributed by atoms with van der Waals surface area (Å²) in [4.78, 5) is 10.7. The van der Waals surface area contributed by atoms with E-state index >= 15 is 0 Å². The van der Waals surface area contributed by atoms with Gasteiger partial charge in [0.1, 0.15) is 25.2 Å². The summed E-state index contributed by atoms with van der Waals surface area (Å²) in [5.74, 6) is 1.69. The first-order valence-electron chi connectivity index (χ1n) is 7.55. The maximum atomic E-state index is 10.7. The number of hydrogen-bond donors (Lipinski definition) is 0. The molecule has 5 nitrogen and oxygen atoms in total. The van der Waals surface area contributed by atoms with Crippen molar-refractivity contribution in [2.24, 2.45) is 0 Å². The monoisotopic (exact) mass is 428 g/mol. The van der Waals surface area contributed by atoms with Gasteiger partial charge in [0.15, 0.2) is 11.5 Å². The van der Waals surface area contributed by atoms with Crippen LogP contribution in [0.2, 0.25) is 5.02 Å². The number of carbonyl (C=O) groups is 1. The Balaban J connectivity index is 1.66. The maximum absolute atomic E-state index is 10.7. The predicted molar refractivity (Wildman–Crippen MR) is 99.3 cm³/mol. The van der Waals surface area contributed by atoms with Gasteiger partial charge in [-0.25, -0.2) is 0 Å². The van der Waals surface area contributed by atoms with Crippen LogP contribution in [0, 0.1) is 0 Å². The van der Waals surface area contributed by atoms with Crippen molar-refractivity contribution in [1.82, 2.24) is 0 Å². The van der Waals surface area contributed by atoms with E-state index < -0.39 is 0 Å². The molecule has 134 valence electrons. The van der Waals surface area contributed by atoms with Gasteiger partial charge in [-0.3, -0.25) is 4.79 Å². The number of carbonyl (C=O) groups excluding carboxylic acids is 1. The summed E-state index contributed by atoms with van der Waals surface area (Å²) in [5.41, 5.74) is 0.532. The van der Waals surface area contributed by atoms with Crippen LogP contribution < -0.4 is 14.2 Å². The van der Waals surface area contributed by atoms with Gasteiger partial charge < -0.3 is 18.9 Å². The van der Waals surface area contributed by atoms with Crippen LogP contribution >= 0.6 is 27.5 Å². The molecule has 0 aliphatic heterocycles. The Morgan fingerprint density at radius 3 is 2.28 bits per heavy atom. The van der Waals surface area contributed by atoms with Crippen LogP contribution in [0.4, 0.5) is 0 Å². The Morgan fingerprint density at radius 2 is 1.64 bits per heavy atom. The van der Waals surface area contributed by atoms with Crippen molar-refractivity contribution in [3.05, 3.63) is 51.5 Å². The molecule has 0 aliphatic rings. The van der Waals surface area contributed by atoms with Crippen molar-refractivity contribution in [2.45, 2.75) is 0 Å². The Labute approximate surface area is 159 Å². The number of rotatable bonds is 10. The molecule has 2 aromatic carbocycles. The largest absolute Gasteiger partial charge is 0.493 e. The molecule has 0 aromatic heterocycles. The summed E-state index contributed by atoms with van der Waals surface area (Å²) in [6, 6.07) is 10.4. The Hall–Kier alpha value is -1.76. The lowest BCUT2D eigenvalue weighted by Gasteiger charge is -2.12. The van der Waals surface area contributed by atoms with Gasteiger partial charge in [0.05, 0.1) is 25.3 Å². The molecule has 0 unspecified atom stereocenters. The lowest BCUT2D eigenvalue weighted by atomic mass is 10.2. The predicted octanol–water partition coefficient (Wildman–Crippen LogP) is 4.40. The second kappa shape index (κ2) is 10.3. The van der Waals surface area contributed by atoms with Gasteiger partial charge in [-0.05, 0) is 36.4 Å². The molecule has 25 heavy (non-hydrogen) atoms. The van der Waals surface area contributed by atoms with Crippen LogP contribution in [-0.4, -0.2) is 39.8 Å². The number of aldehydes is 1. The molecule has 7 heteroatoms. The SMILES string of the molecule is COc1cc(C=O)ccc1OCCOCCOc1ccc(Br)cc1Cl. The summed E-state index contributed by atoms with van der Waals surface area (Å²) < 4.78 is 22.7. The average molecular weight is 430 g/mol. The number of ether oxygens (including phenoxy) is 4. The van der Waals surface area contributed by atoms with Gasteiger partial charge >= 0.3 is 0 Å². The van der Waals surface area contributed by atoms with Crippen LogP contribution in [-0.2, 0) is 4.74 Å². The Bertz CT molecular complexity index is 708. The average Bonchev–Trinajstić information content (AvgIpc) is 2.62. The number of hydrogen-bond acceptors (Lipinski definition) is 5. The van der Waals surface area contributed by atoms with E-state index in [4.69, 9.17) is 30.5 Å². The van der Waals surface area contributed by atoms with Crippen molar-refractivity contribution in [3.63, 3.8) is 0 Å². The lowest BCUT2D eigenvalue weighted by Crippen LogP contribution is -2.12. The van der Waals surface area contributed by atoms with E-state index in [0.29, 0.717) is 54.3 Å². The fraction of sp³-hybridized carbons (Fsp3) is 0.278. The molecule has 0 fully saturated rings. The van der Waals surface area contributed by atoms with E-state index in [1.165, 1.54) is 7.11 Å². The second-order valence-electron chi connectivity index (χ2n) is 4.91. The van der Waals surface area contributed by atoms with Gasteiger partial charge in [-0.2, -0.15) is 0 Å². The topological polar surface area (TPSA) is 54.0 Å². The van der Waals surface area contributed by atoms with Crippen molar-refractivity contribution in [2.75, 3.05) is 33.5 Å². The minimum Gasteiger partial charge on any atom is -0.493 e. The van der Waals surface area contributed by atoms with Crippen molar-refractivity contribution in [1.29, 1.82) is 0 Å². The van der Waals surface area contributed by atoms with Crippen LogP contribution in [0.15, 0.2) is 40.9 Å². The van der Waals surface area contributed by atoms with Gasteiger partial charge in [-0.1, -0.05) is 27.5 Å². The van der Waals surface area contributed by atoms with Gasteiger partial charge in [0.2, 0.25) is 0 Å². The second-order valence-corrected chi connectivity index (χ2v) is 6.24. The fourth-order valence-electron chi connectivity index (χ4n) is 1.99. The minimum absolute atomic E-state index is 0.357. The quantitative estimate of drug-likeness (QED) is 0.414. The van der Waals surface area contributed by atoms with Gasteiger partial charge in [0.25, 0.3) is 0 Å². The molecule has 0 bridgehead atoms. The highest BCUT2D eigenvalue weighted by Crippen LogP contribution is 2.28. The molecule has 2 rings (SSSR count). The highest BCUT2D eigenvalue weighted by Gasteiger charge is 2.06. The van der Waals surface area contributed by atoms with E-state index in [0.717, 1.165) is 10.8 Å². The first-order valence-corrected chi connectivity index (χ1v) is 8.72. The lowest BCUT2D eigenvalue weighted by molar-refractivity contribution is 0.0757. The molecule has 0 spiro atoms. The molecule has 0 heterocycles. The van der Waals surface area contributed by atoms with Crippen molar-refractivity contribution >= 4 is 33.8 Å². The summed E-state index contributed by atoms with van der Waals surface area (Å²) in [6.45, 7) is 1.56. The molecule has 0 atom stereocenters. The first-order chi connectivity index (χ1) is 12.1. The third-order valence-corrected chi connectivity index (χ3v) is 3.98. The highest BCUT2D eigenvalue weighted by atomic mass is 79.9. The van der Waals surface area contributed by atoms with E-state index in [9.17, 15) is 4.79 Å². The van der Waals surface area contributed by atoms with Crippen molar-refractivity contribution < 1.29 is 23.7 Å². The van der Waals surface area contributed by atoms with Crippen molar-refractivity contribution in [3.8, 4) is 17.2 Å². The summed E-state index contributed by atoms with van der Waals surface area (Å²) in [5, 5.41) is 0.545. The maximum Gasteiger partial charge on any atom is 0.161 e. The molecule has 0 saturated heterocycles. The molecular formula is C18H18BrClO5. The van der Waals surface area contributed by atoms with E-state index in [2.05, 4.69) is 15.9 Å². The Morgan fingerprint density at radius 1 is 0.960 bits per heavy atom. The molecule has 0 N–H and O–H groups in total. The minimum atomic E-state index is 0.357. The molecular weight excluding hydrogens is 412 g/mol. The van der Waals surface area contributed by atoms with E-state index in [-0.39, 0.29) is 0 Å². The van der Waals surface area contributed by atoms with E-state index in [1.54, 1.807) is 30.3 Å². The van der Waals surface area contributed by atoms with Crippen LogP contribution in [0.25, 0.3) is 0 Å². The third-order valence-electron chi connectivity index (χ3n) is 3.19. The zero-order chi connectivity index (χ0) is 18.1. The highest BCUT2D eigenvalue weighted by molar-refractivity contribution is 9.10. The molecule has 0 radical (unpaired) electrons. The van der Waals surface area contributed by atoms with Gasteiger partial charge in [-0.15, -0.1) is 0 Å². The zero-order valence-corrected chi connectivity index (χ0v) is 16.0. The summed E-state index contributed by atoms with van der Waals surface area (Å²) >= 11 is 9.40. The normalized spacial score (nSPS) is 10.4. The molecule has 0 aliphatic carbocycles. The smallest absolute Gasteiger partial charge is 0.161 e. The summed E-state index contributed by atoms with van der Waals surface area (Å²) in [7, 11) is 1.53. The summed E-state index contributed by atoms with van der Waals surface area (Å²) in [6.07, 6.45) is 0.757. The number of benzene rings is 2. The van der Waals surface area contributed by atoms with Crippen LogP contribution in [0.1, 0.15) is 10.4 Å². The number of halogens is 2. The standard InChI is InChI=1S/C18H18BrClO5/c1-22-18-10-13(12-21)2-4-17(18)25-9-7-23-6-8-24-16-5-3-14(19)11-15(16)20/h2-5,10-12H,6-9H2,1H3. The van der Waals surface area contributed by atoms with Crippen LogP contribution in [0.3, 0.4) is 0 Å². The Kier molecular flexibility index (Phi) is 8.04. The van der Waals surface area contributed by atoms with Gasteiger partial charge in [0, 0.05) is 10.0 Å². The first kappa shape index (κ1) is 19.6. The van der Waals surface area contributed by atoms with Crippen LogP contribution in [0.5, 0.6) is 17.2 Å².